The lowest BCUT2D eigenvalue weighted by Crippen LogP contribution is -2.46. The van der Waals surface area contributed by atoms with Gasteiger partial charge in [-0.05, 0) is 58.4 Å². The summed E-state index contributed by atoms with van der Waals surface area (Å²) in [7, 11) is 0. The number of halogens is 1. The van der Waals surface area contributed by atoms with Crippen LogP contribution in [-0.4, -0.2) is 45.8 Å². The molecule has 1 aliphatic carbocycles. The molecule has 1 N–H and O–H groups in total. The maximum absolute atomic E-state index is 12.1. The highest BCUT2D eigenvalue weighted by Gasteiger charge is 2.25. The van der Waals surface area contributed by atoms with Crippen molar-refractivity contribution >= 4 is 23.5 Å². The Bertz CT molecular complexity index is 1040. The molecule has 0 radical (unpaired) electrons. The largest absolute Gasteiger partial charge is 0.444 e. The Hall–Kier alpha value is -2.85. The Kier molecular flexibility index (Phi) is 6.52. The van der Waals surface area contributed by atoms with Crippen molar-refractivity contribution in [2.75, 3.05) is 18.0 Å². The molecule has 0 aromatic carbocycles. The van der Waals surface area contributed by atoms with Crippen molar-refractivity contribution < 1.29 is 9.53 Å². The van der Waals surface area contributed by atoms with Crippen LogP contribution in [0.5, 0.6) is 0 Å². The number of carbonyl (C=O) groups excluding carboxylic acids is 1. The van der Waals surface area contributed by atoms with Crippen LogP contribution in [0.2, 0.25) is 5.02 Å². The van der Waals surface area contributed by atoms with Gasteiger partial charge in [0.1, 0.15) is 22.8 Å². The highest BCUT2D eigenvalue weighted by molar-refractivity contribution is 6.33. The molecule has 2 aromatic heterocycles. The summed E-state index contributed by atoms with van der Waals surface area (Å²) in [6, 6.07) is 1.92. The van der Waals surface area contributed by atoms with Crippen molar-refractivity contribution in [3.05, 3.63) is 35.4 Å². The van der Waals surface area contributed by atoms with Crippen LogP contribution in [-0.2, 0) is 4.74 Å². The summed E-state index contributed by atoms with van der Waals surface area (Å²) in [5, 5.41) is 3.49. The summed E-state index contributed by atoms with van der Waals surface area (Å²) in [6.07, 6.45) is 8.61. The molecule has 0 atom stereocenters. The topological polar surface area (TPSA) is 80.2 Å². The molecule has 1 aliphatic heterocycles. The van der Waals surface area contributed by atoms with Gasteiger partial charge in [-0.1, -0.05) is 17.5 Å². The molecule has 1 amide bonds. The van der Waals surface area contributed by atoms with E-state index in [4.69, 9.17) is 21.3 Å². The third-order valence-electron chi connectivity index (χ3n) is 5.30. The summed E-state index contributed by atoms with van der Waals surface area (Å²) >= 11 is 6.41. The Morgan fingerprint density at radius 2 is 1.97 bits per heavy atom. The molecule has 2 fully saturated rings. The molecular weight excluding hydrogens is 426 g/mol. The van der Waals surface area contributed by atoms with Gasteiger partial charge in [0.25, 0.3) is 0 Å². The molecule has 8 heteroatoms. The van der Waals surface area contributed by atoms with Crippen molar-refractivity contribution in [2.45, 2.75) is 58.1 Å². The van der Waals surface area contributed by atoms with Gasteiger partial charge >= 0.3 is 6.09 Å². The van der Waals surface area contributed by atoms with Gasteiger partial charge in [0.15, 0.2) is 0 Å². The fraction of sp³-hybridized carbons (Fsp3) is 0.500. The fourth-order valence-electron chi connectivity index (χ4n) is 3.50. The lowest BCUT2D eigenvalue weighted by Gasteiger charge is -2.33. The van der Waals surface area contributed by atoms with Gasteiger partial charge in [0.05, 0.1) is 11.2 Å². The van der Waals surface area contributed by atoms with E-state index < -0.39 is 5.60 Å². The number of alkyl carbamates (subject to hydrolysis) is 1. The Balaban J connectivity index is 1.49. The van der Waals surface area contributed by atoms with E-state index in [1.54, 1.807) is 18.6 Å². The van der Waals surface area contributed by atoms with E-state index in [1.807, 2.05) is 26.8 Å². The molecule has 1 saturated carbocycles. The van der Waals surface area contributed by atoms with Crippen LogP contribution in [0.15, 0.2) is 24.7 Å². The predicted molar refractivity (Wildman–Crippen MR) is 124 cm³/mol. The standard InChI is InChI=1S/C24H28ClN5O2/c1-24(2,3)32-23(31)28-17-9-12-30(13-10-17)21-15-27-20(7-6-16-4-5-16)22(29-21)18-8-11-26-14-19(18)25/h8,11,14-17H,4-5,9-10,12-13H2,1-3H3,(H,28,31). The molecule has 3 heterocycles. The SMILES string of the molecule is CC(C)(C)OC(=O)NC1CCN(c2cnc(C#CC3CC3)c(-c3ccncc3Cl)n2)CC1. The normalized spacial score (nSPS) is 16.8. The van der Waals surface area contributed by atoms with Crippen LogP contribution >= 0.6 is 11.6 Å². The van der Waals surface area contributed by atoms with Gasteiger partial charge in [-0.25, -0.2) is 14.8 Å². The predicted octanol–water partition coefficient (Wildman–Crippen LogP) is 4.45. The first-order valence-corrected chi connectivity index (χ1v) is 11.4. The van der Waals surface area contributed by atoms with Crippen LogP contribution in [0.3, 0.4) is 0 Å². The van der Waals surface area contributed by atoms with Gasteiger partial charge in [-0.3, -0.25) is 4.98 Å². The number of hydrogen-bond acceptors (Lipinski definition) is 6. The number of piperidine rings is 1. The first-order chi connectivity index (χ1) is 15.3. The first-order valence-electron chi connectivity index (χ1n) is 11.0. The molecule has 168 valence electrons. The number of pyridine rings is 1. The molecule has 4 rings (SSSR count). The van der Waals surface area contributed by atoms with Crippen molar-refractivity contribution in [3.63, 3.8) is 0 Å². The van der Waals surface area contributed by atoms with Crippen LogP contribution in [0, 0.1) is 17.8 Å². The van der Waals surface area contributed by atoms with Crippen molar-refractivity contribution in [1.29, 1.82) is 0 Å². The van der Waals surface area contributed by atoms with E-state index >= 15 is 0 Å². The lowest BCUT2D eigenvalue weighted by atomic mass is 10.1. The van der Waals surface area contributed by atoms with Crippen LogP contribution in [0.25, 0.3) is 11.3 Å². The maximum atomic E-state index is 12.1. The van der Waals surface area contributed by atoms with Crippen molar-refractivity contribution in [2.24, 2.45) is 5.92 Å². The fourth-order valence-corrected chi connectivity index (χ4v) is 3.71. The molecular formula is C24H28ClN5O2. The zero-order valence-corrected chi connectivity index (χ0v) is 19.4. The van der Waals surface area contributed by atoms with Crippen LogP contribution < -0.4 is 10.2 Å². The Morgan fingerprint density at radius 1 is 1.22 bits per heavy atom. The monoisotopic (exact) mass is 453 g/mol. The number of carbonyl (C=O) groups is 1. The van der Waals surface area contributed by atoms with Crippen molar-refractivity contribution in [3.8, 4) is 23.1 Å². The van der Waals surface area contributed by atoms with Gasteiger partial charge < -0.3 is 15.0 Å². The average molecular weight is 454 g/mol. The van der Waals surface area contributed by atoms with Gasteiger partial charge in [0.2, 0.25) is 0 Å². The number of nitrogens with zero attached hydrogens (tertiary/aromatic N) is 4. The number of amides is 1. The van der Waals surface area contributed by atoms with Gasteiger partial charge in [-0.2, -0.15) is 0 Å². The molecule has 0 unspecified atom stereocenters. The van der Waals surface area contributed by atoms with Gasteiger partial charge in [-0.15, -0.1) is 0 Å². The number of rotatable bonds is 3. The van der Waals surface area contributed by atoms with E-state index in [1.165, 1.54) is 0 Å². The smallest absolute Gasteiger partial charge is 0.407 e. The number of aromatic nitrogens is 3. The minimum Gasteiger partial charge on any atom is -0.444 e. The number of nitrogens with one attached hydrogen (secondary N) is 1. The minimum absolute atomic E-state index is 0.0758. The summed E-state index contributed by atoms with van der Waals surface area (Å²) in [6.45, 7) is 7.09. The Labute approximate surface area is 193 Å². The number of ether oxygens (including phenoxy) is 1. The number of hydrogen-bond donors (Lipinski definition) is 1. The quantitative estimate of drug-likeness (QED) is 0.691. The summed E-state index contributed by atoms with van der Waals surface area (Å²) in [4.78, 5) is 27.8. The molecule has 32 heavy (non-hydrogen) atoms. The Morgan fingerprint density at radius 3 is 2.62 bits per heavy atom. The van der Waals surface area contributed by atoms with E-state index in [0.717, 1.165) is 50.2 Å². The van der Waals surface area contributed by atoms with E-state index in [-0.39, 0.29) is 12.1 Å². The number of anilines is 1. The highest BCUT2D eigenvalue weighted by atomic mass is 35.5. The van der Waals surface area contributed by atoms with Gasteiger partial charge in [0, 0.05) is 43.0 Å². The third-order valence-corrected chi connectivity index (χ3v) is 5.60. The summed E-state index contributed by atoms with van der Waals surface area (Å²) in [5.74, 6) is 7.71. The summed E-state index contributed by atoms with van der Waals surface area (Å²) in [5.41, 5.74) is 1.58. The van der Waals surface area contributed by atoms with E-state index in [9.17, 15) is 4.79 Å². The van der Waals surface area contributed by atoms with Crippen LogP contribution in [0.4, 0.5) is 10.6 Å². The molecule has 0 bridgehead atoms. The second-order valence-electron chi connectivity index (χ2n) is 9.23. The average Bonchev–Trinajstić information content (AvgIpc) is 3.56. The highest BCUT2D eigenvalue weighted by Crippen LogP contribution is 2.31. The molecule has 7 nitrogen and oxygen atoms in total. The second kappa shape index (κ2) is 9.33. The van der Waals surface area contributed by atoms with Crippen molar-refractivity contribution in [1.82, 2.24) is 20.3 Å². The lowest BCUT2D eigenvalue weighted by molar-refractivity contribution is 0.0497. The minimum atomic E-state index is -0.505. The van der Waals surface area contributed by atoms with E-state index in [2.05, 4.69) is 32.0 Å². The molecule has 1 saturated heterocycles. The first kappa shape index (κ1) is 22.3. The maximum Gasteiger partial charge on any atom is 0.407 e. The second-order valence-corrected chi connectivity index (χ2v) is 9.64. The summed E-state index contributed by atoms with van der Waals surface area (Å²) < 4.78 is 5.37. The van der Waals surface area contributed by atoms with Crippen LogP contribution in [0.1, 0.15) is 52.1 Å². The van der Waals surface area contributed by atoms with E-state index in [0.29, 0.717) is 22.3 Å². The third kappa shape index (κ3) is 5.89. The molecule has 2 aromatic rings. The molecule has 0 spiro atoms. The zero-order valence-electron chi connectivity index (χ0n) is 18.7. The molecule has 2 aliphatic rings. The zero-order chi connectivity index (χ0) is 22.7.